The smallest absolute Gasteiger partial charge is 0.317 e. The highest BCUT2D eigenvalue weighted by molar-refractivity contribution is 5.96. The van der Waals surface area contributed by atoms with Gasteiger partial charge in [-0.25, -0.2) is 0 Å². The number of Topliss-reactive ketones (excluding diaryl/α,β-unsaturated/α-hetero) is 1. The van der Waals surface area contributed by atoms with Gasteiger partial charge in [0.2, 0.25) is 0 Å². The van der Waals surface area contributed by atoms with Crippen LogP contribution in [0.25, 0.3) is 0 Å². The predicted octanol–water partition coefficient (Wildman–Crippen LogP) is 1.06. The first-order valence-corrected chi connectivity index (χ1v) is 6.06. The molecular formula is C13H16N2O3. The van der Waals surface area contributed by atoms with E-state index in [0.29, 0.717) is 31.6 Å². The average molecular weight is 248 g/mol. The molecule has 1 aliphatic rings. The summed E-state index contributed by atoms with van der Waals surface area (Å²) in [5, 5.41) is 8.70. The highest BCUT2D eigenvalue weighted by Gasteiger charge is 2.26. The molecule has 18 heavy (non-hydrogen) atoms. The molecule has 1 saturated heterocycles. The Labute approximate surface area is 105 Å². The van der Waals surface area contributed by atoms with E-state index in [2.05, 4.69) is 4.98 Å². The van der Waals surface area contributed by atoms with Crippen LogP contribution in [0.15, 0.2) is 24.4 Å². The Balaban J connectivity index is 1.90. The second-order valence-electron chi connectivity index (χ2n) is 4.52. The minimum atomic E-state index is -0.815. The molecule has 1 N–H and O–H groups in total. The number of aromatic nitrogens is 1. The minimum absolute atomic E-state index is 0.0232. The number of carboxylic acids is 1. The van der Waals surface area contributed by atoms with Crippen LogP contribution < -0.4 is 0 Å². The molecule has 0 aromatic carbocycles. The lowest BCUT2D eigenvalue weighted by Gasteiger charge is -2.29. The summed E-state index contributed by atoms with van der Waals surface area (Å²) in [6.45, 7) is 1.38. The lowest BCUT2D eigenvalue weighted by Crippen LogP contribution is -2.39. The zero-order chi connectivity index (χ0) is 13.0. The van der Waals surface area contributed by atoms with Crippen LogP contribution in [0.3, 0.4) is 0 Å². The highest BCUT2D eigenvalue weighted by Crippen LogP contribution is 2.20. The molecule has 1 fully saturated rings. The van der Waals surface area contributed by atoms with Crippen LogP contribution in [0.5, 0.6) is 0 Å². The van der Waals surface area contributed by atoms with E-state index in [1.165, 1.54) is 0 Å². The zero-order valence-corrected chi connectivity index (χ0v) is 10.1. The van der Waals surface area contributed by atoms with E-state index in [-0.39, 0.29) is 18.2 Å². The number of hydrogen-bond acceptors (Lipinski definition) is 4. The number of rotatable bonds is 4. The van der Waals surface area contributed by atoms with Crippen molar-refractivity contribution in [3.05, 3.63) is 30.1 Å². The van der Waals surface area contributed by atoms with Crippen LogP contribution in [0.1, 0.15) is 23.3 Å². The van der Waals surface area contributed by atoms with Crippen molar-refractivity contribution < 1.29 is 14.7 Å². The first-order valence-electron chi connectivity index (χ1n) is 6.06. The van der Waals surface area contributed by atoms with Crippen LogP contribution in [-0.4, -0.2) is 46.4 Å². The summed E-state index contributed by atoms with van der Waals surface area (Å²) < 4.78 is 0. The Morgan fingerprint density at radius 3 is 2.61 bits per heavy atom. The van der Waals surface area contributed by atoms with Crippen molar-refractivity contribution in [2.24, 2.45) is 5.92 Å². The van der Waals surface area contributed by atoms with Gasteiger partial charge in [0, 0.05) is 12.1 Å². The summed E-state index contributed by atoms with van der Waals surface area (Å²) in [5.41, 5.74) is 0.509. The third-order valence-electron chi connectivity index (χ3n) is 3.23. The number of piperidine rings is 1. The van der Waals surface area contributed by atoms with Gasteiger partial charge in [0.25, 0.3) is 0 Å². The second kappa shape index (κ2) is 5.73. The molecule has 0 bridgehead atoms. The Morgan fingerprint density at radius 2 is 2.06 bits per heavy atom. The van der Waals surface area contributed by atoms with Crippen molar-refractivity contribution >= 4 is 11.8 Å². The molecular weight excluding hydrogens is 232 g/mol. The van der Waals surface area contributed by atoms with Crippen molar-refractivity contribution in [1.82, 2.24) is 9.88 Å². The van der Waals surface area contributed by atoms with E-state index in [4.69, 9.17) is 5.11 Å². The molecule has 1 aromatic heterocycles. The van der Waals surface area contributed by atoms with Crippen LogP contribution in [0, 0.1) is 5.92 Å². The third-order valence-corrected chi connectivity index (χ3v) is 3.23. The number of nitrogens with zero attached hydrogens (tertiary/aromatic N) is 2. The lowest BCUT2D eigenvalue weighted by molar-refractivity contribution is -0.138. The van der Waals surface area contributed by atoms with Crippen LogP contribution in [0.2, 0.25) is 0 Å². The second-order valence-corrected chi connectivity index (χ2v) is 4.52. The van der Waals surface area contributed by atoms with Gasteiger partial charge in [0.05, 0.1) is 6.54 Å². The molecule has 1 aromatic rings. The third kappa shape index (κ3) is 3.13. The van der Waals surface area contributed by atoms with Gasteiger partial charge < -0.3 is 5.11 Å². The number of carbonyl (C=O) groups excluding carboxylic acids is 1. The lowest BCUT2D eigenvalue weighted by atomic mass is 9.91. The molecule has 0 spiro atoms. The molecule has 1 aliphatic heterocycles. The van der Waals surface area contributed by atoms with Gasteiger partial charge in [-0.3, -0.25) is 19.5 Å². The predicted molar refractivity (Wildman–Crippen MR) is 65.4 cm³/mol. The molecule has 0 atom stereocenters. The molecule has 2 heterocycles. The Bertz CT molecular complexity index is 425. The summed E-state index contributed by atoms with van der Waals surface area (Å²) in [7, 11) is 0. The van der Waals surface area contributed by atoms with Crippen molar-refractivity contribution in [2.45, 2.75) is 12.8 Å². The van der Waals surface area contributed by atoms with Crippen molar-refractivity contribution in [3.8, 4) is 0 Å². The van der Waals surface area contributed by atoms with Gasteiger partial charge in [0.15, 0.2) is 5.78 Å². The average Bonchev–Trinajstić information content (AvgIpc) is 2.39. The number of aliphatic carboxylic acids is 1. The first-order chi connectivity index (χ1) is 8.66. The fourth-order valence-electron chi connectivity index (χ4n) is 2.26. The largest absolute Gasteiger partial charge is 0.480 e. The topological polar surface area (TPSA) is 70.5 Å². The van der Waals surface area contributed by atoms with Gasteiger partial charge in [-0.1, -0.05) is 6.07 Å². The van der Waals surface area contributed by atoms with Crippen molar-refractivity contribution in [1.29, 1.82) is 0 Å². The van der Waals surface area contributed by atoms with Crippen molar-refractivity contribution in [3.63, 3.8) is 0 Å². The fraction of sp³-hybridized carbons (Fsp3) is 0.462. The minimum Gasteiger partial charge on any atom is -0.480 e. The maximum atomic E-state index is 12.1. The Morgan fingerprint density at radius 1 is 1.33 bits per heavy atom. The SMILES string of the molecule is O=C(O)CN1CCC(C(=O)c2ccccn2)CC1. The van der Waals surface area contributed by atoms with Gasteiger partial charge in [-0.15, -0.1) is 0 Å². The molecule has 0 radical (unpaired) electrons. The van der Waals surface area contributed by atoms with Crippen molar-refractivity contribution in [2.75, 3.05) is 19.6 Å². The van der Waals surface area contributed by atoms with E-state index in [0.717, 1.165) is 0 Å². The number of hydrogen-bond donors (Lipinski definition) is 1. The monoisotopic (exact) mass is 248 g/mol. The molecule has 0 aliphatic carbocycles. The molecule has 0 saturated carbocycles. The summed E-state index contributed by atoms with van der Waals surface area (Å²) in [6.07, 6.45) is 3.04. The van der Waals surface area contributed by atoms with E-state index < -0.39 is 5.97 Å². The normalized spacial score (nSPS) is 17.6. The van der Waals surface area contributed by atoms with E-state index in [9.17, 15) is 9.59 Å². The number of likely N-dealkylation sites (tertiary alicyclic amines) is 1. The van der Waals surface area contributed by atoms with Crippen LogP contribution >= 0.6 is 0 Å². The highest BCUT2D eigenvalue weighted by atomic mass is 16.4. The molecule has 96 valence electrons. The standard InChI is InChI=1S/C13H16N2O3/c16-12(17)9-15-7-4-10(5-8-15)13(18)11-3-1-2-6-14-11/h1-3,6,10H,4-5,7-9H2,(H,16,17). The number of pyridine rings is 1. The molecule has 2 rings (SSSR count). The van der Waals surface area contributed by atoms with Gasteiger partial charge in [-0.2, -0.15) is 0 Å². The fourth-order valence-corrected chi connectivity index (χ4v) is 2.26. The molecule has 5 nitrogen and oxygen atoms in total. The molecule has 0 unspecified atom stereocenters. The van der Waals surface area contributed by atoms with E-state index in [1.807, 2.05) is 4.90 Å². The molecule has 5 heteroatoms. The van der Waals surface area contributed by atoms with Gasteiger partial charge in [0.1, 0.15) is 5.69 Å². The number of carboxylic acid groups (broad SMARTS) is 1. The Hall–Kier alpha value is -1.75. The zero-order valence-electron chi connectivity index (χ0n) is 10.1. The van der Waals surface area contributed by atoms with E-state index >= 15 is 0 Å². The summed E-state index contributed by atoms with van der Waals surface area (Å²) in [4.78, 5) is 28.6. The van der Waals surface area contributed by atoms with Crippen LogP contribution in [0.4, 0.5) is 0 Å². The summed E-state index contributed by atoms with van der Waals surface area (Å²) in [5.74, 6) is -0.764. The summed E-state index contributed by atoms with van der Waals surface area (Å²) >= 11 is 0. The maximum absolute atomic E-state index is 12.1. The van der Waals surface area contributed by atoms with Crippen LogP contribution in [-0.2, 0) is 4.79 Å². The van der Waals surface area contributed by atoms with Gasteiger partial charge in [-0.05, 0) is 38.1 Å². The maximum Gasteiger partial charge on any atom is 0.317 e. The quantitative estimate of drug-likeness (QED) is 0.807. The first kappa shape index (κ1) is 12.7. The number of ketones is 1. The van der Waals surface area contributed by atoms with E-state index in [1.54, 1.807) is 24.4 Å². The Kier molecular flexibility index (Phi) is 4.04. The number of carbonyl (C=O) groups is 2. The molecule has 0 amide bonds. The summed E-state index contributed by atoms with van der Waals surface area (Å²) in [6, 6.07) is 5.32. The van der Waals surface area contributed by atoms with Gasteiger partial charge >= 0.3 is 5.97 Å².